The zero-order chi connectivity index (χ0) is 14.4. The van der Waals surface area contributed by atoms with E-state index < -0.39 is 0 Å². The lowest BCUT2D eigenvalue weighted by Crippen LogP contribution is -2.28. The van der Waals surface area contributed by atoms with Crippen LogP contribution in [-0.4, -0.2) is 18.2 Å². The molecule has 2 aliphatic heterocycles. The number of nitrogen functional groups attached to an aromatic ring is 1. The maximum Gasteiger partial charge on any atom is 0.268 e. The number of anilines is 2. The number of nitrogens with zero attached hydrogens (tertiary/aromatic N) is 1. The van der Waals surface area contributed by atoms with Crippen LogP contribution in [0.3, 0.4) is 0 Å². The quantitative estimate of drug-likeness (QED) is 0.821. The minimum atomic E-state index is 0.142. The van der Waals surface area contributed by atoms with Crippen molar-refractivity contribution in [2.24, 2.45) is 0 Å². The fourth-order valence-electron chi connectivity index (χ4n) is 3.02. The highest BCUT2D eigenvalue weighted by Crippen LogP contribution is 2.35. The van der Waals surface area contributed by atoms with Gasteiger partial charge in [-0.2, -0.15) is 11.8 Å². The van der Waals surface area contributed by atoms with Crippen LogP contribution in [-0.2, 0) is 18.6 Å². The number of thioether (sulfide) groups is 1. The van der Waals surface area contributed by atoms with E-state index in [1.165, 1.54) is 21.8 Å². The third kappa shape index (κ3) is 2.24. The highest BCUT2D eigenvalue weighted by Gasteiger charge is 2.27. The zero-order valence-corrected chi connectivity index (χ0v) is 13.2. The van der Waals surface area contributed by atoms with E-state index in [0.29, 0.717) is 0 Å². The van der Waals surface area contributed by atoms with E-state index in [2.05, 4.69) is 6.07 Å². The SMILES string of the molecule is Nc1ccc2c(c1)CCN2C(=O)c1cc2c(s1)CCSC2. The number of rotatable bonds is 1. The number of nitrogens with two attached hydrogens (primary N) is 1. The Morgan fingerprint density at radius 3 is 2.95 bits per heavy atom. The number of hydrogen-bond acceptors (Lipinski definition) is 4. The molecule has 0 spiro atoms. The molecule has 108 valence electrons. The normalized spacial score (nSPS) is 16.7. The molecule has 5 heteroatoms. The summed E-state index contributed by atoms with van der Waals surface area (Å²) in [5.41, 5.74) is 10.2. The molecule has 1 aromatic heterocycles. The second kappa shape index (κ2) is 5.07. The predicted octanol–water partition coefficient (Wildman–Crippen LogP) is 3.32. The van der Waals surface area contributed by atoms with Crippen LogP contribution in [0.4, 0.5) is 11.4 Å². The average Bonchev–Trinajstić information content (AvgIpc) is 3.09. The Morgan fingerprint density at radius 2 is 2.10 bits per heavy atom. The largest absolute Gasteiger partial charge is 0.399 e. The first-order valence-corrected chi connectivity index (χ1v) is 9.09. The van der Waals surface area contributed by atoms with Gasteiger partial charge in [0.2, 0.25) is 0 Å². The van der Waals surface area contributed by atoms with Gasteiger partial charge < -0.3 is 10.6 Å². The summed E-state index contributed by atoms with van der Waals surface area (Å²) in [7, 11) is 0. The monoisotopic (exact) mass is 316 g/mol. The van der Waals surface area contributed by atoms with E-state index in [0.717, 1.165) is 41.4 Å². The van der Waals surface area contributed by atoms with Crippen molar-refractivity contribution in [1.29, 1.82) is 0 Å². The molecule has 0 saturated heterocycles. The van der Waals surface area contributed by atoms with E-state index in [1.54, 1.807) is 11.3 Å². The number of carbonyl (C=O) groups is 1. The van der Waals surface area contributed by atoms with Crippen LogP contribution >= 0.6 is 23.1 Å². The van der Waals surface area contributed by atoms with Crippen LogP contribution in [0.5, 0.6) is 0 Å². The van der Waals surface area contributed by atoms with Gasteiger partial charge in [0.25, 0.3) is 5.91 Å². The summed E-state index contributed by atoms with van der Waals surface area (Å²) in [5, 5.41) is 0. The molecule has 0 saturated carbocycles. The topological polar surface area (TPSA) is 46.3 Å². The molecule has 2 aliphatic rings. The van der Waals surface area contributed by atoms with Gasteiger partial charge in [-0.25, -0.2) is 0 Å². The Labute approximate surface area is 132 Å². The van der Waals surface area contributed by atoms with Crippen LogP contribution in [0, 0.1) is 0 Å². The van der Waals surface area contributed by atoms with Gasteiger partial charge in [-0.15, -0.1) is 11.3 Å². The number of amides is 1. The highest BCUT2D eigenvalue weighted by molar-refractivity contribution is 7.98. The van der Waals surface area contributed by atoms with Gasteiger partial charge in [-0.05, 0) is 54.0 Å². The fraction of sp³-hybridized carbons (Fsp3) is 0.312. The Bertz CT molecular complexity index is 700. The lowest BCUT2D eigenvalue weighted by molar-refractivity contribution is 0.0993. The maximum absolute atomic E-state index is 12.8. The van der Waals surface area contributed by atoms with Crippen LogP contribution < -0.4 is 10.6 Å². The van der Waals surface area contributed by atoms with E-state index >= 15 is 0 Å². The van der Waals surface area contributed by atoms with Crippen molar-refractivity contribution in [1.82, 2.24) is 0 Å². The molecule has 21 heavy (non-hydrogen) atoms. The summed E-state index contributed by atoms with van der Waals surface area (Å²) in [4.78, 5) is 17.0. The molecule has 0 fully saturated rings. The molecule has 3 heterocycles. The van der Waals surface area contributed by atoms with Crippen molar-refractivity contribution in [2.75, 3.05) is 22.9 Å². The van der Waals surface area contributed by atoms with Crippen LogP contribution in [0.2, 0.25) is 0 Å². The highest BCUT2D eigenvalue weighted by atomic mass is 32.2. The van der Waals surface area contributed by atoms with Gasteiger partial charge in [-0.1, -0.05) is 0 Å². The fourth-order valence-corrected chi connectivity index (χ4v) is 5.34. The van der Waals surface area contributed by atoms with E-state index in [4.69, 9.17) is 5.73 Å². The summed E-state index contributed by atoms with van der Waals surface area (Å²) in [6.45, 7) is 0.759. The van der Waals surface area contributed by atoms with E-state index in [-0.39, 0.29) is 5.91 Å². The molecule has 0 unspecified atom stereocenters. The van der Waals surface area contributed by atoms with Crippen molar-refractivity contribution < 1.29 is 4.79 Å². The number of aryl methyl sites for hydroxylation is 1. The summed E-state index contributed by atoms with van der Waals surface area (Å²) < 4.78 is 0. The third-order valence-electron chi connectivity index (χ3n) is 4.08. The minimum Gasteiger partial charge on any atom is -0.399 e. The summed E-state index contributed by atoms with van der Waals surface area (Å²) >= 11 is 3.63. The molecule has 0 aliphatic carbocycles. The van der Waals surface area contributed by atoms with Crippen molar-refractivity contribution in [3.05, 3.63) is 45.1 Å². The molecule has 0 radical (unpaired) electrons. The molecule has 0 atom stereocenters. The molecule has 0 bridgehead atoms. The van der Waals surface area contributed by atoms with Crippen molar-refractivity contribution >= 4 is 40.4 Å². The summed E-state index contributed by atoms with van der Waals surface area (Å²) in [6, 6.07) is 7.93. The molecule has 1 amide bonds. The Hall–Kier alpha value is -1.46. The van der Waals surface area contributed by atoms with Gasteiger partial charge >= 0.3 is 0 Å². The number of carbonyl (C=O) groups excluding carboxylic acids is 1. The number of benzene rings is 1. The summed E-state index contributed by atoms with van der Waals surface area (Å²) in [5.74, 6) is 2.36. The minimum absolute atomic E-state index is 0.142. The van der Waals surface area contributed by atoms with E-state index in [1.807, 2.05) is 34.9 Å². The van der Waals surface area contributed by atoms with Gasteiger partial charge in [0, 0.05) is 28.5 Å². The molecular formula is C16H16N2OS2. The van der Waals surface area contributed by atoms with Gasteiger partial charge in [0.1, 0.15) is 0 Å². The maximum atomic E-state index is 12.8. The Kier molecular flexibility index (Phi) is 3.19. The Morgan fingerprint density at radius 1 is 1.19 bits per heavy atom. The molecule has 2 N–H and O–H groups in total. The predicted molar refractivity (Wildman–Crippen MR) is 90.4 cm³/mol. The Balaban J connectivity index is 1.66. The van der Waals surface area contributed by atoms with Crippen molar-refractivity contribution in [3.63, 3.8) is 0 Å². The average molecular weight is 316 g/mol. The van der Waals surface area contributed by atoms with Gasteiger partial charge in [0.15, 0.2) is 0 Å². The second-order valence-corrected chi connectivity index (χ2v) is 7.70. The number of hydrogen-bond donors (Lipinski definition) is 1. The van der Waals surface area contributed by atoms with Crippen molar-refractivity contribution in [3.8, 4) is 0 Å². The number of thiophene rings is 1. The summed E-state index contributed by atoms with van der Waals surface area (Å²) in [6.07, 6.45) is 2.00. The molecule has 2 aromatic rings. The lowest BCUT2D eigenvalue weighted by atomic mass is 10.1. The van der Waals surface area contributed by atoms with Crippen LogP contribution in [0.15, 0.2) is 24.3 Å². The standard InChI is InChI=1S/C16H16N2OS2/c17-12-1-2-13-10(7-12)3-5-18(13)16(19)15-8-11-9-20-6-4-14(11)21-15/h1-2,7-8H,3-6,9,17H2. The smallest absolute Gasteiger partial charge is 0.268 e. The van der Waals surface area contributed by atoms with Crippen molar-refractivity contribution in [2.45, 2.75) is 18.6 Å². The molecule has 1 aromatic carbocycles. The van der Waals surface area contributed by atoms with Gasteiger partial charge in [-0.3, -0.25) is 4.79 Å². The lowest BCUT2D eigenvalue weighted by Gasteiger charge is -2.16. The molecular weight excluding hydrogens is 300 g/mol. The molecule has 4 rings (SSSR count). The van der Waals surface area contributed by atoms with Crippen LogP contribution in [0.25, 0.3) is 0 Å². The first-order chi connectivity index (χ1) is 10.2. The third-order valence-corrected chi connectivity index (χ3v) is 6.32. The first kappa shape index (κ1) is 13.2. The first-order valence-electron chi connectivity index (χ1n) is 7.12. The second-order valence-electron chi connectivity index (χ2n) is 5.46. The molecule has 3 nitrogen and oxygen atoms in total. The zero-order valence-electron chi connectivity index (χ0n) is 11.6. The van der Waals surface area contributed by atoms with Gasteiger partial charge in [0.05, 0.1) is 4.88 Å². The van der Waals surface area contributed by atoms with E-state index in [9.17, 15) is 4.79 Å². The number of fused-ring (bicyclic) bond motifs is 2. The van der Waals surface area contributed by atoms with Crippen LogP contribution in [0.1, 0.15) is 25.7 Å².